The number of anilines is 2. The molecule has 0 amide bonds. The van der Waals surface area contributed by atoms with E-state index in [0.717, 1.165) is 39.0 Å². The topological polar surface area (TPSA) is 6.48 Å². The summed E-state index contributed by atoms with van der Waals surface area (Å²) < 4.78 is 0. The van der Waals surface area contributed by atoms with Gasteiger partial charge in [-0.05, 0) is 159 Å². The molecular formula is C51H50N2. The molecule has 2 aliphatic heterocycles. The number of nitrogens with zero attached hydrogens (tertiary/aromatic N) is 2. The molecule has 0 radical (unpaired) electrons. The first-order valence-electron chi connectivity index (χ1n) is 20.3. The second-order valence-corrected chi connectivity index (χ2v) is 16.5. The third-order valence-electron chi connectivity index (χ3n) is 13.0. The zero-order chi connectivity index (χ0) is 35.5. The van der Waals surface area contributed by atoms with Crippen molar-refractivity contribution in [2.24, 2.45) is 0 Å². The van der Waals surface area contributed by atoms with Crippen molar-refractivity contribution in [3.8, 4) is 33.4 Å². The maximum Gasteiger partial charge on any atom is 0.0372 e. The van der Waals surface area contributed by atoms with E-state index in [4.69, 9.17) is 0 Å². The average Bonchev–Trinajstić information content (AvgIpc) is 3.46. The molecule has 2 heteroatoms. The van der Waals surface area contributed by atoms with Crippen molar-refractivity contribution in [3.05, 3.63) is 138 Å². The largest absolute Gasteiger partial charge is 0.372 e. The van der Waals surface area contributed by atoms with E-state index in [9.17, 15) is 0 Å². The summed E-state index contributed by atoms with van der Waals surface area (Å²) in [6.07, 6.45) is 14.8. The highest BCUT2D eigenvalue weighted by Gasteiger charge is 2.37. The number of fused-ring (bicyclic) bond motifs is 4. The van der Waals surface area contributed by atoms with Crippen LogP contribution in [-0.4, -0.2) is 26.2 Å². The summed E-state index contributed by atoms with van der Waals surface area (Å²) in [6.45, 7) is 9.42. The van der Waals surface area contributed by atoms with Crippen molar-refractivity contribution >= 4 is 38.5 Å². The molecule has 2 heterocycles. The van der Waals surface area contributed by atoms with Crippen molar-refractivity contribution in [2.75, 3.05) is 36.0 Å². The standard InChI is InChI=1S/C51H50N2/c1-51(2)47-17-9-8-16-41(47)42-25-22-38(32-48(42)51)50-44-27-24-39(52-28-10-4-11-29-52)33-45(44)49(37-20-18-36(19-21-37)35-14-6-3-7-15-35)43-26-23-40(34-46(43)50)53-30-12-5-13-31-53/h3,6-7,9,14-15,17-27,32-34H,4-5,8,10-13,16,28-31H2,1-2H3. The minimum absolute atomic E-state index is 0.00988. The number of benzene rings is 6. The summed E-state index contributed by atoms with van der Waals surface area (Å²) in [7, 11) is 0. The summed E-state index contributed by atoms with van der Waals surface area (Å²) >= 11 is 0. The molecule has 2 nitrogen and oxygen atoms in total. The first-order valence-corrected chi connectivity index (χ1v) is 20.3. The third-order valence-corrected chi connectivity index (χ3v) is 13.0. The molecule has 0 aromatic heterocycles. The lowest BCUT2D eigenvalue weighted by Crippen LogP contribution is -2.29. The Morgan fingerprint density at radius 1 is 0.491 bits per heavy atom. The first-order chi connectivity index (χ1) is 26.0. The summed E-state index contributed by atoms with van der Waals surface area (Å²) in [5.74, 6) is 0. The van der Waals surface area contributed by atoms with E-state index in [1.165, 1.54) is 122 Å². The second kappa shape index (κ2) is 13.1. The molecule has 2 saturated heterocycles. The molecule has 10 rings (SSSR count). The van der Waals surface area contributed by atoms with Crippen molar-refractivity contribution in [1.29, 1.82) is 0 Å². The fourth-order valence-corrected chi connectivity index (χ4v) is 10.1. The summed E-state index contributed by atoms with van der Waals surface area (Å²) in [4.78, 5) is 5.25. The van der Waals surface area contributed by atoms with E-state index in [-0.39, 0.29) is 5.41 Å². The highest BCUT2D eigenvalue weighted by atomic mass is 15.1. The highest BCUT2D eigenvalue weighted by Crippen LogP contribution is 2.52. The van der Waals surface area contributed by atoms with E-state index in [0.29, 0.717) is 0 Å². The van der Waals surface area contributed by atoms with Gasteiger partial charge >= 0.3 is 0 Å². The second-order valence-electron chi connectivity index (χ2n) is 16.5. The monoisotopic (exact) mass is 690 g/mol. The number of hydrogen-bond donors (Lipinski definition) is 0. The van der Waals surface area contributed by atoms with E-state index in [2.05, 4.69) is 145 Å². The van der Waals surface area contributed by atoms with Gasteiger partial charge in [0, 0.05) is 43.0 Å². The van der Waals surface area contributed by atoms with Gasteiger partial charge in [-0.2, -0.15) is 0 Å². The minimum Gasteiger partial charge on any atom is -0.372 e. The molecule has 4 aliphatic rings. The Morgan fingerprint density at radius 2 is 1.04 bits per heavy atom. The Bertz CT molecular complexity index is 2420. The maximum atomic E-state index is 2.63. The average molecular weight is 691 g/mol. The van der Waals surface area contributed by atoms with Crippen molar-refractivity contribution in [3.63, 3.8) is 0 Å². The number of piperidine rings is 2. The van der Waals surface area contributed by atoms with Gasteiger partial charge < -0.3 is 9.80 Å². The third kappa shape index (κ3) is 5.52. The molecule has 2 fully saturated rings. The van der Waals surface area contributed by atoms with Crippen LogP contribution in [0.25, 0.3) is 60.5 Å². The number of hydrogen-bond acceptors (Lipinski definition) is 2. The first kappa shape index (κ1) is 32.6. The molecular weight excluding hydrogens is 641 g/mol. The Balaban J connectivity index is 1.24. The van der Waals surface area contributed by atoms with Crippen LogP contribution in [0.1, 0.15) is 76.3 Å². The van der Waals surface area contributed by atoms with Crippen LogP contribution in [0, 0.1) is 0 Å². The lowest BCUT2D eigenvalue weighted by atomic mass is 9.78. The van der Waals surface area contributed by atoms with Gasteiger partial charge in [0.2, 0.25) is 0 Å². The van der Waals surface area contributed by atoms with Gasteiger partial charge in [-0.25, -0.2) is 0 Å². The molecule has 6 aromatic rings. The van der Waals surface area contributed by atoms with Crippen LogP contribution in [0.4, 0.5) is 11.4 Å². The van der Waals surface area contributed by atoms with Crippen LogP contribution in [0.5, 0.6) is 0 Å². The molecule has 0 atom stereocenters. The molecule has 0 unspecified atom stereocenters. The smallest absolute Gasteiger partial charge is 0.0372 e. The lowest BCUT2D eigenvalue weighted by molar-refractivity contribution is 0.578. The van der Waals surface area contributed by atoms with Gasteiger partial charge in [0.25, 0.3) is 0 Å². The summed E-state index contributed by atoms with van der Waals surface area (Å²) in [5.41, 5.74) is 16.6. The predicted molar refractivity (Wildman–Crippen MR) is 228 cm³/mol. The van der Waals surface area contributed by atoms with Gasteiger partial charge in [-0.1, -0.05) is 105 Å². The van der Waals surface area contributed by atoms with Crippen molar-refractivity contribution in [2.45, 2.75) is 70.6 Å². The summed E-state index contributed by atoms with van der Waals surface area (Å²) in [5, 5.41) is 5.41. The van der Waals surface area contributed by atoms with Crippen LogP contribution in [-0.2, 0) is 5.41 Å². The van der Waals surface area contributed by atoms with E-state index >= 15 is 0 Å². The van der Waals surface area contributed by atoms with Crippen molar-refractivity contribution < 1.29 is 0 Å². The Morgan fingerprint density at radius 3 is 1.66 bits per heavy atom. The van der Waals surface area contributed by atoms with Crippen LogP contribution >= 0.6 is 0 Å². The van der Waals surface area contributed by atoms with Gasteiger partial charge in [0.05, 0.1) is 0 Å². The van der Waals surface area contributed by atoms with Gasteiger partial charge in [-0.15, -0.1) is 0 Å². The highest BCUT2D eigenvalue weighted by molar-refractivity contribution is 6.22. The minimum atomic E-state index is -0.00988. The molecule has 0 spiro atoms. The molecule has 6 aromatic carbocycles. The fourth-order valence-electron chi connectivity index (χ4n) is 10.1. The van der Waals surface area contributed by atoms with E-state index < -0.39 is 0 Å². The van der Waals surface area contributed by atoms with E-state index in [1.54, 1.807) is 5.57 Å². The van der Waals surface area contributed by atoms with Gasteiger partial charge in [0.1, 0.15) is 0 Å². The van der Waals surface area contributed by atoms with E-state index in [1.807, 2.05) is 0 Å². The Kier molecular flexibility index (Phi) is 8.05. The molecule has 264 valence electrons. The van der Waals surface area contributed by atoms with Crippen LogP contribution in [0.15, 0.2) is 127 Å². The zero-order valence-corrected chi connectivity index (χ0v) is 31.4. The SMILES string of the molecule is CC1(C)C2=C(CCC=C2)c2ccc(-c3c4ccc(N5CCCCC5)cc4c(-c4ccc(-c5ccccc5)cc4)c4ccc(N5CCCCC5)cc34)cc21. The van der Waals surface area contributed by atoms with Crippen molar-refractivity contribution in [1.82, 2.24) is 0 Å². The molecule has 0 N–H and O–H groups in total. The quantitative estimate of drug-likeness (QED) is 0.166. The molecule has 53 heavy (non-hydrogen) atoms. The van der Waals surface area contributed by atoms with Crippen LogP contribution < -0.4 is 9.80 Å². The maximum absolute atomic E-state index is 2.63. The lowest BCUT2D eigenvalue weighted by Gasteiger charge is -2.30. The Hall–Kier alpha value is -5.08. The molecule has 2 aliphatic carbocycles. The number of rotatable bonds is 5. The molecule has 0 saturated carbocycles. The van der Waals surface area contributed by atoms with Crippen LogP contribution in [0.3, 0.4) is 0 Å². The van der Waals surface area contributed by atoms with Gasteiger partial charge in [0.15, 0.2) is 0 Å². The zero-order valence-electron chi connectivity index (χ0n) is 31.4. The number of allylic oxidation sites excluding steroid dienone is 4. The van der Waals surface area contributed by atoms with Crippen LogP contribution in [0.2, 0.25) is 0 Å². The Labute approximate surface area is 315 Å². The predicted octanol–water partition coefficient (Wildman–Crippen LogP) is 13.4. The summed E-state index contributed by atoms with van der Waals surface area (Å²) in [6, 6.07) is 42.4. The fraction of sp³-hybridized carbons (Fsp3) is 0.294. The molecule has 0 bridgehead atoms. The van der Waals surface area contributed by atoms with Gasteiger partial charge in [-0.3, -0.25) is 0 Å². The normalized spacial score (nSPS) is 18.2.